The molecule has 0 atom stereocenters. The molecule has 0 fully saturated rings. The third kappa shape index (κ3) is 17.2. The Morgan fingerprint density at radius 2 is 1.26 bits per heavy atom. The van der Waals surface area contributed by atoms with Crippen molar-refractivity contribution in [3.05, 3.63) is 12.2 Å². The molecule has 0 aliphatic carbocycles. The van der Waals surface area contributed by atoms with E-state index in [1.165, 1.54) is 64.2 Å². The molecule has 0 saturated heterocycles. The van der Waals surface area contributed by atoms with Gasteiger partial charge in [-0.3, -0.25) is 4.79 Å². The van der Waals surface area contributed by atoms with E-state index >= 15 is 0 Å². The maximum atomic E-state index is 10.3. The average molecular weight is 268 g/mol. The molecule has 0 spiro atoms. The Kier molecular flexibility index (Phi) is 14.6. The van der Waals surface area contributed by atoms with Gasteiger partial charge in [0, 0.05) is 6.42 Å². The summed E-state index contributed by atoms with van der Waals surface area (Å²) in [5, 5.41) is 8.50. The highest BCUT2D eigenvalue weighted by Crippen LogP contribution is 2.11. The average Bonchev–Trinajstić information content (AvgIpc) is 2.39. The Labute approximate surface area is 119 Å². The minimum absolute atomic E-state index is 0.339. The zero-order valence-electron chi connectivity index (χ0n) is 12.7. The summed E-state index contributed by atoms with van der Waals surface area (Å²) in [6.07, 6.45) is 19.8. The molecule has 0 amide bonds. The monoisotopic (exact) mass is 268 g/mol. The van der Waals surface area contributed by atoms with Gasteiger partial charge in [-0.25, -0.2) is 0 Å². The highest BCUT2D eigenvalue weighted by molar-refractivity contribution is 5.66. The standard InChI is InChI=1S/C17H32O2/c1-2-3-4-5-6-7-8-9-10-11-12-13-14-15-16-17(18)19/h4-5H,2-3,6-16H2,1H3,(H,18,19). The van der Waals surface area contributed by atoms with Gasteiger partial charge in [-0.1, -0.05) is 70.4 Å². The second-order valence-corrected chi connectivity index (χ2v) is 5.37. The first-order valence-electron chi connectivity index (χ1n) is 8.14. The van der Waals surface area contributed by atoms with Crippen molar-refractivity contribution in [1.29, 1.82) is 0 Å². The number of carbonyl (C=O) groups is 1. The third-order valence-electron chi connectivity index (χ3n) is 3.38. The second-order valence-electron chi connectivity index (χ2n) is 5.37. The minimum atomic E-state index is -0.659. The molecule has 0 aromatic carbocycles. The van der Waals surface area contributed by atoms with Crippen molar-refractivity contribution in [1.82, 2.24) is 0 Å². The van der Waals surface area contributed by atoms with Gasteiger partial charge in [0.15, 0.2) is 0 Å². The van der Waals surface area contributed by atoms with Crippen molar-refractivity contribution in [2.24, 2.45) is 0 Å². The summed E-state index contributed by atoms with van der Waals surface area (Å²) in [6, 6.07) is 0. The molecule has 0 aromatic rings. The highest BCUT2D eigenvalue weighted by atomic mass is 16.4. The molecule has 0 aliphatic rings. The predicted octanol–water partition coefficient (Wildman–Crippen LogP) is 5.72. The molecule has 0 bridgehead atoms. The number of hydrogen-bond acceptors (Lipinski definition) is 1. The quantitative estimate of drug-likeness (QED) is 0.323. The van der Waals surface area contributed by atoms with Crippen molar-refractivity contribution in [2.45, 2.75) is 90.4 Å². The first-order valence-corrected chi connectivity index (χ1v) is 8.14. The van der Waals surface area contributed by atoms with Crippen molar-refractivity contribution in [2.75, 3.05) is 0 Å². The number of unbranched alkanes of at least 4 members (excludes halogenated alkanes) is 10. The third-order valence-corrected chi connectivity index (χ3v) is 3.38. The number of rotatable bonds is 14. The SMILES string of the molecule is CCCC=CCCCCCCCCCCCC(=O)O. The van der Waals surface area contributed by atoms with E-state index in [1.54, 1.807) is 0 Å². The minimum Gasteiger partial charge on any atom is -0.481 e. The van der Waals surface area contributed by atoms with Gasteiger partial charge < -0.3 is 5.11 Å². The molecular weight excluding hydrogens is 236 g/mol. The van der Waals surface area contributed by atoms with E-state index in [1.807, 2.05) is 0 Å². The van der Waals surface area contributed by atoms with E-state index in [4.69, 9.17) is 5.11 Å². The van der Waals surface area contributed by atoms with Crippen LogP contribution in [0.25, 0.3) is 0 Å². The summed E-state index contributed by atoms with van der Waals surface area (Å²) >= 11 is 0. The van der Waals surface area contributed by atoms with Crippen LogP contribution in [0.15, 0.2) is 12.2 Å². The van der Waals surface area contributed by atoms with Crippen LogP contribution in [0.3, 0.4) is 0 Å². The molecule has 0 unspecified atom stereocenters. The molecule has 1 N–H and O–H groups in total. The van der Waals surface area contributed by atoms with Crippen molar-refractivity contribution in [3.63, 3.8) is 0 Å². The van der Waals surface area contributed by atoms with Crippen LogP contribution in [-0.2, 0) is 4.79 Å². The largest absolute Gasteiger partial charge is 0.481 e. The van der Waals surface area contributed by atoms with E-state index in [0.29, 0.717) is 6.42 Å². The first kappa shape index (κ1) is 18.2. The van der Waals surface area contributed by atoms with Gasteiger partial charge in [0.2, 0.25) is 0 Å². The lowest BCUT2D eigenvalue weighted by atomic mass is 10.1. The maximum absolute atomic E-state index is 10.3. The van der Waals surface area contributed by atoms with Gasteiger partial charge in [0.25, 0.3) is 0 Å². The van der Waals surface area contributed by atoms with Gasteiger partial charge in [-0.05, 0) is 25.7 Å². The van der Waals surface area contributed by atoms with Gasteiger partial charge in [0.05, 0.1) is 0 Å². The molecule has 0 aromatic heterocycles. The highest BCUT2D eigenvalue weighted by Gasteiger charge is 1.96. The number of allylic oxidation sites excluding steroid dienone is 2. The molecule has 0 rings (SSSR count). The topological polar surface area (TPSA) is 37.3 Å². The summed E-state index contributed by atoms with van der Waals surface area (Å²) in [6.45, 7) is 2.21. The van der Waals surface area contributed by atoms with E-state index in [2.05, 4.69) is 19.1 Å². The van der Waals surface area contributed by atoms with Crippen LogP contribution in [0.2, 0.25) is 0 Å². The van der Waals surface area contributed by atoms with Crippen molar-refractivity contribution < 1.29 is 9.90 Å². The molecule has 19 heavy (non-hydrogen) atoms. The number of carboxylic acids is 1. The lowest BCUT2D eigenvalue weighted by Crippen LogP contribution is -1.93. The molecular formula is C17H32O2. The van der Waals surface area contributed by atoms with Crippen LogP contribution >= 0.6 is 0 Å². The zero-order chi connectivity index (χ0) is 14.2. The normalized spacial score (nSPS) is 11.2. The molecule has 2 nitrogen and oxygen atoms in total. The maximum Gasteiger partial charge on any atom is 0.303 e. The van der Waals surface area contributed by atoms with Crippen LogP contribution in [0.4, 0.5) is 0 Å². The van der Waals surface area contributed by atoms with Crippen LogP contribution in [0, 0.1) is 0 Å². The molecule has 0 saturated carbocycles. The molecule has 0 aliphatic heterocycles. The number of aliphatic carboxylic acids is 1. The van der Waals surface area contributed by atoms with Gasteiger partial charge >= 0.3 is 5.97 Å². The zero-order valence-corrected chi connectivity index (χ0v) is 12.7. The van der Waals surface area contributed by atoms with E-state index in [0.717, 1.165) is 12.8 Å². The summed E-state index contributed by atoms with van der Waals surface area (Å²) in [7, 11) is 0. The molecule has 0 heterocycles. The summed E-state index contributed by atoms with van der Waals surface area (Å²) < 4.78 is 0. The Morgan fingerprint density at radius 1 is 0.789 bits per heavy atom. The second kappa shape index (κ2) is 15.3. The molecule has 2 heteroatoms. The first-order chi connectivity index (χ1) is 9.27. The van der Waals surface area contributed by atoms with Gasteiger partial charge in [-0.15, -0.1) is 0 Å². The number of carboxylic acid groups (broad SMARTS) is 1. The fourth-order valence-corrected chi connectivity index (χ4v) is 2.18. The lowest BCUT2D eigenvalue weighted by molar-refractivity contribution is -0.137. The van der Waals surface area contributed by atoms with E-state index in [-0.39, 0.29) is 0 Å². The van der Waals surface area contributed by atoms with Crippen LogP contribution in [0.5, 0.6) is 0 Å². The Balaban J connectivity index is 3.01. The Hall–Kier alpha value is -0.790. The fourth-order valence-electron chi connectivity index (χ4n) is 2.18. The summed E-state index contributed by atoms with van der Waals surface area (Å²) in [4.78, 5) is 10.3. The van der Waals surface area contributed by atoms with Crippen LogP contribution in [0.1, 0.15) is 90.4 Å². The summed E-state index contributed by atoms with van der Waals surface area (Å²) in [5.41, 5.74) is 0. The van der Waals surface area contributed by atoms with Crippen molar-refractivity contribution in [3.8, 4) is 0 Å². The van der Waals surface area contributed by atoms with E-state index in [9.17, 15) is 4.79 Å². The van der Waals surface area contributed by atoms with Crippen LogP contribution in [-0.4, -0.2) is 11.1 Å². The Morgan fingerprint density at radius 3 is 1.79 bits per heavy atom. The fraction of sp³-hybridized carbons (Fsp3) is 0.824. The number of hydrogen-bond donors (Lipinski definition) is 1. The summed E-state index contributed by atoms with van der Waals surface area (Å²) in [5.74, 6) is -0.659. The molecule has 112 valence electrons. The van der Waals surface area contributed by atoms with E-state index < -0.39 is 5.97 Å². The van der Waals surface area contributed by atoms with Crippen LogP contribution < -0.4 is 0 Å². The van der Waals surface area contributed by atoms with Crippen molar-refractivity contribution >= 4 is 5.97 Å². The molecule has 0 radical (unpaired) electrons. The Bertz CT molecular complexity index is 221. The van der Waals surface area contributed by atoms with Gasteiger partial charge in [0.1, 0.15) is 0 Å². The predicted molar refractivity (Wildman–Crippen MR) is 82.5 cm³/mol. The lowest BCUT2D eigenvalue weighted by Gasteiger charge is -2.01. The smallest absolute Gasteiger partial charge is 0.303 e. The van der Waals surface area contributed by atoms with Gasteiger partial charge in [-0.2, -0.15) is 0 Å².